The minimum absolute atomic E-state index is 0. The summed E-state index contributed by atoms with van der Waals surface area (Å²) in [5.74, 6) is 0. The van der Waals surface area contributed by atoms with E-state index < -0.39 is 0 Å². The predicted molar refractivity (Wildman–Crippen MR) is 23.9 cm³/mol. The van der Waals surface area contributed by atoms with Crippen LogP contribution < -0.4 is 0 Å². The summed E-state index contributed by atoms with van der Waals surface area (Å²) in [5, 5.41) is 0. The van der Waals surface area contributed by atoms with Crippen LogP contribution in [-0.2, 0) is 22.4 Å². The molecule has 0 N–H and O–H groups in total. The van der Waals surface area contributed by atoms with Gasteiger partial charge in [0, 0.05) is 0 Å². The normalized spacial score (nSPS) is 0. The molecule has 0 saturated heterocycles. The van der Waals surface area contributed by atoms with Crippen molar-refractivity contribution in [3.8, 4) is 0 Å². The third-order valence-electron chi connectivity index (χ3n) is 0. The van der Waals surface area contributed by atoms with E-state index in [1.165, 1.54) is 0 Å². The number of rotatable bonds is 0. The molecule has 0 aliphatic carbocycles. The monoisotopic (exact) mass is 261 g/mol. The van der Waals surface area contributed by atoms with Crippen molar-refractivity contribution in [1.82, 2.24) is 0 Å². The van der Waals surface area contributed by atoms with Crippen molar-refractivity contribution in [2.24, 2.45) is 0 Å². The first-order valence-corrected chi connectivity index (χ1v) is 0. The van der Waals surface area contributed by atoms with Gasteiger partial charge in [-0.25, -0.2) is 0 Å². The maximum Gasteiger partial charge on any atom is 3.00 e. The molecule has 1 unspecified atom stereocenters. The second kappa shape index (κ2) is 30.6. The summed E-state index contributed by atoms with van der Waals surface area (Å²) in [6.07, 6.45) is 0. The fourth-order valence-corrected chi connectivity index (χ4v) is 0. The van der Waals surface area contributed by atoms with Crippen LogP contribution in [0.3, 0.4) is 0 Å². The Morgan fingerprint density at radius 1 is 0.750 bits per heavy atom. The van der Waals surface area contributed by atoms with Crippen LogP contribution >= 0.6 is 9.90 Å². The van der Waals surface area contributed by atoms with Gasteiger partial charge in [0.2, 0.25) is 0 Å². The van der Waals surface area contributed by atoms with Crippen LogP contribution in [0.1, 0.15) is 0 Å². The molecule has 0 aliphatic rings. The van der Waals surface area contributed by atoms with Gasteiger partial charge >= 0.3 is 22.4 Å². The van der Waals surface area contributed by atoms with Gasteiger partial charge < -0.3 is 14.9 Å². The average molecular weight is 261 g/mol. The first-order chi connectivity index (χ1) is 0. The van der Waals surface area contributed by atoms with Gasteiger partial charge in [-0.1, -0.05) is 0 Å². The summed E-state index contributed by atoms with van der Waals surface area (Å²) in [4.78, 5) is 0. The van der Waals surface area contributed by atoms with Crippen molar-refractivity contribution in [2.45, 2.75) is 0 Å². The second-order valence-corrected chi connectivity index (χ2v) is 0. The molecule has 0 heterocycles. The summed E-state index contributed by atoms with van der Waals surface area (Å²) < 4.78 is 0. The zero-order valence-corrected chi connectivity index (χ0v) is 6.59. The Labute approximate surface area is 47.5 Å². The largest absolute Gasteiger partial charge is 3.00 e. The fraction of sp³-hybridized carbons (Fsp3) is 0. The smallest absolute Gasteiger partial charge is 0.358 e. The third-order valence-corrected chi connectivity index (χ3v) is 0. The zero-order chi connectivity index (χ0) is 0. The summed E-state index contributed by atoms with van der Waals surface area (Å²) in [7, 11) is 0. The topological polar surface area (TPSA) is 0 Å². The molecule has 2 heteroatoms. The van der Waals surface area contributed by atoms with E-state index in [-0.39, 0.29) is 47.1 Å². The molecule has 0 nitrogen and oxygen atoms in total. The number of hydrogen-bond donors (Lipinski definition) is 0. The van der Waals surface area contributed by atoms with E-state index in [2.05, 4.69) is 0 Å². The summed E-state index contributed by atoms with van der Waals surface area (Å²) in [6, 6.07) is 0. The van der Waals surface area contributed by atoms with Crippen molar-refractivity contribution in [3.63, 3.8) is 0 Å². The summed E-state index contributed by atoms with van der Waals surface area (Å²) in [6.45, 7) is 0. The molecular weight excluding hydrogens is 252 g/mol. The van der Waals surface area contributed by atoms with Crippen molar-refractivity contribution < 1.29 is 22.4 Å². The Kier molecular flexibility index (Phi) is 502. The molecule has 32 valence electrons. The quantitative estimate of drug-likeness (QED) is 0.346. The van der Waals surface area contributed by atoms with Crippen LogP contribution in [-0.4, -0.2) is 0 Å². The van der Waals surface area contributed by atoms with Crippen molar-refractivity contribution in [1.29, 1.82) is 0 Å². The molecule has 0 rings (SSSR count). The predicted octanol–water partition coefficient (Wildman–Crippen LogP) is 0.956. The molecule has 0 aromatic carbocycles. The van der Waals surface area contributed by atoms with Crippen LogP contribution in [0.5, 0.6) is 0 Å². The van der Waals surface area contributed by atoms with Crippen LogP contribution in [0.4, 0.5) is 0 Å². The maximum absolute atomic E-state index is 0. The average Bonchev–Trinajstić information content (AvgIpc) is 0. The molecule has 0 saturated carbocycles. The Morgan fingerprint density at radius 2 is 0.750 bits per heavy atom. The molecule has 0 aromatic heterocycles. The van der Waals surface area contributed by atoms with Gasteiger partial charge in [0.25, 0.3) is 0 Å². The SMILES string of the molecule is P.[Au+3].[CH3-].[CH3-]. The molecule has 0 bridgehead atoms. The number of hydrogen-bond acceptors (Lipinski definition) is 0. The van der Waals surface area contributed by atoms with E-state index >= 15 is 0 Å². The third kappa shape index (κ3) is 10.9. The van der Waals surface area contributed by atoms with Crippen LogP contribution in [0, 0.1) is 14.9 Å². The Balaban J connectivity index is 0. The van der Waals surface area contributed by atoms with E-state index in [9.17, 15) is 0 Å². The van der Waals surface area contributed by atoms with Gasteiger partial charge in [-0.2, -0.15) is 9.90 Å². The van der Waals surface area contributed by atoms with Gasteiger partial charge in [-0.3, -0.25) is 0 Å². The summed E-state index contributed by atoms with van der Waals surface area (Å²) in [5.41, 5.74) is 0. The van der Waals surface area contributed by atoms with Gasteiger partial charge in [-0.05, 0) is 0 Å². The van der Waals surface area contributed by atoms with Gasteiger partial charge in [0.15, 0.2) is 0 Å². The Hall–Kier alpha value is 1.17. The van der Waals surface area contributed by atoms with Gasteiger partial charge in [0.1, 0.15) is 0 Å². The first kappa shape index (κ1) is 65.7. The standard InChI is InChI=1S/2CH3.Au.H3P/h2*1H3;;1H3/q2*-1;+3;. The molecule has 0 aliphatic heterocycles. The minimum atomic E-state index is 0. The maximum atomic E-state index is 0. The van der Waals surface area contributed by atoms with Gasteiger partial charge in [-0.15, -0.1) is 0 Å². The summed E-state index contributed by atoms with van der Waals surface area (Å²) >= 11 is 0. The minimum Gasteiger partial charge on any atom is -0.358 e. The molecule has 1 atom stereocenters. The van der Waals surface area contributed by atoms with Gasteiger partial charge in [0.05, 0.1) is 0 Å². The van der Waals surface area contributed by atoms with Crippen molar-refractivity contribution in [2.75, 3.05) is 0 Å². The van der Waals surface area contributed by atoms with E-state index in [1.807, 2.05) is 0 Å². The Morgan fingerprint density at radius 3 is 0.750 bits per heavy atom. The van der Waals surface area contributed by atoms with Crippen LogP contribution in [0.25, 0.3) is 0 Å². The van der Waals surface area contributed by atoms with E-state index in [0.717, 1.165) is 0 Å². The second-order valence-electron chi connectivity index (χ2n) is 0. The fourth-order valence-electron chi connectivity index (χ4n) is 0. The van der Waals surface area contributed by atoms with E-state index in [4.69, 9.17) is 0 Å². The Bertz CT molecular complexity index is 6.00. The zero-order valence-electron chi connectivity index (χ0n) is 3.01. The molecule has 0 aromatic rings. The molecule has 0 radical (unpaired) electrons. The molecular formula is C2H9AuP+. The molecule has 0 amide bonds. The van der Waals surface area contributed by atoms with Crippen LogP contribution in [0.2, 0.25) is 0 Å². The van der Waals surface area contributed by atoms with E-state index in [1.54, 1.807) is 0 Å². The molecule has 4 heavy (non-hydrogen) atoms. The van der Waals surface area contributed by atoms with Crippen molar-refractivity contribution in [3.05, 3.63) is 14.9 Å². The van der Waals surface area contributed by atoms with Crippen molar-refractivity contribution >= 4 is 9.90 Å². The van der Waals surface area contributed by atoms with E-state index in [0.29, 0.717) is 0 Å². The van der Waals surface area contributed by atoms with Crippen LogP contribution in [0.15, 0.2) is 0 Å². The first-order valence-electron chi connectivity index (χ1n) is 0. The molecule has 0 fully saturated rings. The molecule has 0 spiro atoms.